The van der Waals surface area contributed by atoms with Crippen LogP contribution in [0, 0.1) is 0 Å². The summed E-state index contributed by atoms with van der Waals surface area (Å²) >= 11 is 3.45. The Morgan fingerprint density at radius 3 is 2.46 bits per heavy atom. The summed E-state index contributed by atoms with van der Waals surface area (Å²) in [7, 11) is -3.50. The second-order valence-electron chi connectivity index (χ2n) is 6.42. The van der Waals surface area contributed by atoms with Gasteiger partial charge in [0.15, 0.2) is 6.61 Å². The molecule has 0 spiro atoms. The fraction of sp³-hybridized carbons (Fsp3) is 0.350. The number of ether oxygens (including phenoxy) is 1. The van der Waals surface area contributed by atoms with Crippen LogP contribution in [0.3, 0.4) is 0 Å². The monoisotopic (exact) mass is 466 g/mol. The number of hydrogen-bond acceptors (Lipinski definition) is 4. The van der Waals surface area contributed by atoms with E-state index in [9.17, 15) is 13.2 Å². The van der Waals surface area contributed by atoms with E-state index in [4.69, 9.17) is 4.74 Å². The van der Waals surface area contributed by atoms with Crippen molar-refractivity contribution in [2.45, 2.75) is 25.2 Å². The number of amides is 1. The van der Waals surface area contributed by atoms with Crippen LogP contribution in [0.1, 0.15) is 19.4 Å². The van der Waals surface area contributed by atoms with Crippen molar-refractivity contribution in [3.05, 3.63) is 52.5 Å². The van der Waals surface area contributed by atoms with Gasteiger partial charge in [0.25, 0.3) is 5.91 Å². The van der Waals surface area contributed by atoms with E-state index in [-0.39, 0.29) is 17.4 Å². The summed E-state index contributed by atoms with van der Waals surface area (Å²) in [5.74, 6) is 0.336. The second-order valence-corrected chi connectivity index (χ2v) is 9.27. The van der Waals surface area contributed by atoms with Gasteiger partial charge in [0.1, 0.15) is 5.75 Å². The van der Waals surface area contributed by atoms with Gasteiger partial charge < -0.3 is 9.64 Å². The lowest BCUT2D eigenvalue weighted by Gasteiger charge is -2.19. The van der Waals surface area contributed by atoms with E-state index in [1.165, 1.54) is 16.4 Å². The number of carbonyl (C=O) groups excluding carboxylic acids is 1. The molecule has 1 aliphatic rings. The van der Waals surface area contributed by atoms with E-state index in [2.05, 4.69) is 15.9 Å². The molecule has 1 amide bonds. The van der Waals surface area contributed by atoms with E-state index < -0.39 is 10.0 Å². The molecule has 0 aliphatic carbocycles. The summed E-state index contributed by atoms with van der Waals surface area (Å²) in [6, 6.07) is 12.1. The lowest BCUT2D eigenvalue weighted by molar-refractivity contribution is -0.120. The number of sulfonamides is 1. The maximum atomic E-state index is 12.5. The number of hydrogen-bond donors (Lipinski definition) is 0. The fourth-order valence-corrected chi connectivity index (χ4v) is 5.14. The molecule has 2 aromatic carbocycles. The Morgan fingerprint density at radius 1 is 1.14 bits per heavy atom. The van der Waals surface area contributed by atoms with E-state index in [0.29, 0.717) is 25.4 Å². The topological polar surface area (TPSA) is 66.9 Å². The number of benzene rings is 2. The van der Waals surface area contributed by atoms with Crippen molar-refractivity contribution in [3.63, 3.8) is 0 Å². The first-order valence-corrected chi connectivity index (χ1v) is 11.4. The van der Waals surface area contributed by atoms with Crippen molar-refractivity contribution in [1.82, 2.24) is 4.31 Å². The standard InChI is InChI=1S/C20H23BrN2O4S/c1-3-22(4-2)28(25,26)18-8-6-17(7-9-18)27-14-20(24)23-12-11-15-13-16(21)5-10-19(15)23/h5-10,13H,3-4,11-12,14H2,1-2H3. The van der Waals surface area contributed by atoms with Gasteiger partial charge in [0.2, 0.25) is 10.0 Å². The predicted octanol–water partition coefficient (Wildman–Crippen LogP) is 3.45. The summed E-state index contributed by atoms with van der Waals surface area (Å²) < 4.78 is 33.0. The average Bonchev–Trinajstić information content (AvgIpc) is 3.10. The van der Waals surface area contributed by atoms with Crippen LogP contribution in [0.25, 0.3) is 0 Å². The Balaban J connectivity index is 1.64. The molecule has 1 heterocycles. The number of nitrogens with zero attached hydrogens (tertiary/aromatic N) is 2. The first kappa shape index (κ1) is 20.8. The first-order chi connectivity index (χ1) is 13.4. The Bertz CT molecular complexity index is 957. The predicted molar refractivity (Wildman–Crippen MR) is 112 cm³/mol. The molecule has 6 nitrogen and oxygen atoms in total. The smallest absolute Gasteiger partial charge is 0.264 e. The van der Waals surface area contributed by atoms with Gasteiger partial charge in [-0.25, -0.2) is 8.42 Å². The molecule has 0 saturated carbocycles. The molecule has 0 aromatic heterocycles. The van der Waals surface area contributed by atoms with Crippen LogP contribution < -0.4 is 9.64 Å². The van der Waals surface area contributed by atoms with Crippen LogP contribution in [0.4, 0.5) is 5.69 Å². The summed E-state index contributed by atoms with van der Waals surface area (Å²) in [5, 5.41) is 0. The number of fused-ring (bicyclic) bond motifs is 1. The molecular weight excluding hydrogens is 444 g/mol. The van der Waals surface area contributed by atoms with Crippen LogP contribution in [0.15, 0.2) is 51.8 Å². The molecule has 0 radical (unpaired) electrons. The summed E-state index contributed by atoms with van der Waals surface area (Å²) in [4.78, 5) is 14.5. The lowest BCUT2D eigenvalue weighted by atomic mass is 10.2. The SMILES string of the molecule is CCN(CC)S(=O)(=O)c1ccc(OCC(=O)N2CCc3cc(Br)ccc32)cc1. The van der Waals surface area contributed by atoms with Gasteiger partial charge in [-0.2, -0.15) is 4.31 Å². The van der Waals surface area contributed by atoms with Gasteiger partial charge in [0.05, 0.1) is 4.90 Å². The van der Waals surface area contributed by atoms with Crippen molar-refractivity contribution >= 4 is 37.5 Å². The van der Waals surface area contributed by atoms with Gasteiger partial charge in [0, 0.05) is 29.8 Å². The Hall–Kier alpha value is -1.90. The van der Waals surface area contributed by atoms with E-state index in [1.54, 1.807) is 30.9 Å². The zero-order chi connectivity index (χ0) is 20.3. The van der Waals surface area contributed by atoms with Crippen molar-refractivity contribution in [1.29, 1.82) is 0 Å². The van der Waals surface area contributed by atoms with Gasteiger partial charge >= 0.3 is 0 Å². The minimum absolute atomic E-state index is 0.0996. The molecule has 1 aliphatic heterocycles. The molecule has 0 unspecified atom stereocenters. The van der Waals surface area contributed by atoms with Gasteiger partial charge in [-0.05, 0) is 54.4 Å². The zero-order valence-corrected chi connectivity index (χ0v) is 18.3. The molecule has 2 aromatic rings. The molecule has 0 fully saturated rings. The molecule has 3 rings (SSSR count). The number of rotatable bonds is 7. The van der Waals surface area contributed by atoms with E-state index in [0.717, 1.165) is 22.1 Å². The van der Waals surface area contributed by atoms with E-state index in [1.807, 2.05) is 18.2 Å². The number of anilines is 1. The van der Waals surface area contributed by atoms with Gasteiger partial charge in [-0.15, -0.1) is 0 Å². The Labute approximate surface area is 174 Å². The molecule has 0 saturated heterocycles. The van der Waals surface area contributed by atoms with E-state index >= 15 is 0 Å². The zero-order valence-electron chi connectivity index (χ0n) is 15.9. The van der Waals surface area contributed by atoms with Crippen molar-refractivity contribution in [2.24, 2.45) is 0 Å². The van der Waals surface area contributed by atoms with Crippen LogP contribution in [-0.2, 0) is 21.2 Å². The number of halogens is 1. The highest BCUT2D eigenvalue weighted by molar-refractivity contribution is 9.10. The first-order valence-electron chi connectivity index (χ1n) is 9.18. The maximum absolute atomic E-state index is 12.5. The second kappa shape index (κ2) is 8.63. The Kier molecular flexibility index (Phi) is 6.42. The largest absolute Gasteiger partial charge is 0.484 e. The lowest BCUT2D eigenvalue weighted by Crippen LogP contribution is -2.33. The molecule has 0 bridgehead atoms. The fourth-order valence-electron chi connectivity index (χ4n) is 3.27. The minimum atomic E-state index is -3.50. The summed E-state index contributed by atoms with van der Waals surface area (Å²) in [6.45, 7) is 4.98. The van der Waals surface area contributed by atoms with Gasteiger partial charge in [-0.1, -0.05) is 29.8 Å². The number of carbonyl (C=O) groups is 1. The van der Waals surface area contributed by atoms with Crippen LogP contribution in [-0.4, -0.2) is 44.9 Å². The molecule has 0 atom stereocenters. The van der Waals surface area contributed by atoms with Gasteiger partial charge in [-0.3, -0.25) is 4.79 Å². The molecule has 0 N–H and O–H groups in total. The third-order valence-electron chi connectivity index (χ3n) is 4.77. The van der Waals surface area contributed by atoms with Crippen molar-refractivity contribution < 1.29 is 17.9 Å². The highest BCUT2D eigenvalue weighted by Gasteiger charge is 2.25. The van der Waals surface area contributed by atoms with Crippen LogP contribution in [0.5, 0.6) is 5.75 Å². The molecule has 8 heteroatoms. The van der Waals surface area contributed by atoms with Crippen LogP contribution >= 0.6 is 15.9 Å². The molecule has 28 heavy (non-hydrogen) atoms. The van der Waals surface area contributed by atoms with Crippen molar-refractivity contribution in [2.75, 3.05) is 31.1 Å². The molecular formula is C20H23BrN2O4S. The third-order valence-corrected chi connectivity index (χ3v) is 7.32. The molecule has 150 valence electrons. The normalized spacial score (nSPS) is 13.6. The highest BCUT2D eigenvalue weighted by atomic mass is 79.9. The minimum Gasteiger partial charge on any atom is -0.484 e. The third kappa shape index (κ3) is 4.24. The Morgan fingerprint density at radius 2 is 1.82 bits per heavy atom. The van der Waals surface area contributed by atoms with Crippen LogP contribution in [0.2, 0.25) is 0 Å². The average molecular weight is 467 g/mol. The summed E-state index contributed by atoms with van der Waals surface area (Å²) in [6.07, 6.45) is 0.818. The maximum Gasteiger partial charge on any atom is 0.264 e. The highest BCUT2D eigenvalue weighted by Crippen LogP contribution is 2.30. The van der Waals surface area contributed by atoms with Crippen molar-refractivity contribution in [3.8, 4) is 5.75 Å². The quantitative estimate of drug-likeness (QED) is 0.626. The summed E-state index contributed by atoms with van der Waals surface area (Å²) in [5.41, 5.74) is 2.05.